The quantitative estimate of drug-likeness (QED) is 0.756. The Morgan fingerprint density at radius 3 is 2.76 bits per heavy atom. The highest BCUT2D eigenvalue weighted by Gasteiger charge is 2.28. The van der Waals surface area contributed by atoms with E-state index in [1.807, 2.05) is 6.92 Å². The van der Waals surface area contributed by atoms with Crippen molar-refractivity contribution in [2.24, 2.45) is 11.7 Å². The molecule has 2 N–H and O–H groups in total. The van der Waals surface area contributed by atoms with Crippen LogP contribution in [0, 0.1) is 5.92 Å². The van der Waals surface area contributed by atoms with Crippen LogP contribution in [0.2, 0.25) is 0 Å². The monoisotopic (exact) mass is 241 g/mol. The van der Waals surface area contributed by atoms with Crippen LogP contribution in [0.5, 0.6) is 0 Å². The van der Waals surface area contributed by atoms with E-state index in [-0.39, 0.29) is 23.8 Å². The van der Waals surface area contributed by atoms with Crippen LogP contribution < -0.4 is 5.73 Å². The normalized spacial score (nSPS) is 24.9. The maximum absolute atomic E-state index is 11.7. The highest BCUT2D eigenvalue weighted by molar-refractivity contribution is 5.78. The Morgan fingerprint density at radius 1 is 1.53 bits per heavy atom. The Labute approximate surface area is 103 Å². The average Bonchev–Trinajstić information content (AvgIpc) is 2.25. The minimum absolute atomic E-state index is 0.0669. The van der Waals surface area contributed by atoms with Crippen molar-refractivity contribution in [1.29, 1.82) is 0 Å². The van der Waals surface area contributed by atoms with Crippen molar-refractivity contribution in [1.82, 2.24) is 9.80 Å². The smallest absolute Gasteiger partial charge is 0.222 e. The number of carbonyl (C=O) groups excluding carboxylic acids is 2. The van der Waals surface area contributed by atoms with Crippen molar-refractivity contribution in [3.8, 4) is 0 Å². The van der Waals surface area contributed by atoms with Crippen LogP contribution in [0.4, 0.5) is 0 Å². The minimum atomic E-state index is 0.0669. The summed E-state index contributed by atoms with van der Waals surface area (Å²) in [4.78, 5) is 26.5. The van der Waals surface area contributed by atoms with Gasteiger partial charge in [0.05, 0.1) is 0 Å². The number of nitrogens with zero attached hydrogens (tertiary/aromatic N) is 2. The molecule has 1 aliphatic heterocycles. The van der Waals surface area contributed by atoms with Gasteiger partial charge in [-0.25, -0.2) is 0 Å². The Bertz CT molecular complexity index is 291. The van der Waals surface area contributed by atoms with E-state index >= 15 is 0 Å². The highest BCUT2D eigenvalue weighted by atomic mass is 16.2. The number of hydrogen-bond donors (Lipinski definition) is 1. The lowest BCUT2D eigenvalue weighted by molar-refractivity contribution is -0.136. The first-order valence-corrected chi connectivity index (χ1v) is 6.15. The molecule has 0 bridgehead atoms. The van der Waals surface area contributed by atoms with Crippen molar-refractivity contribution >= 4 is 11.8 Å². The zero-order valence-corrected chi connectivity index (χ0v) is 11.0. The largest absolute Gasteiger partial charge is 0.349 e. The fourth-order valence-electron chi connectivity index (χ4n) is 1.95. The molecule has 0 aliphatic carbocycles. The van der Waals surface area contributed by atoms with E-state index < -0.39 is 0 Å². The van der Waals surface area contributed by atoms with E-state index in [1.54, 1.807) is 23.9 Å². The molecular formula is C12H23N3O2. The van der Waals surface area contributed by atoms with E-state index in [2.05, 4.69) is 0 Å². The van der Waals surface area contributed by atoms with Crippen LogP contribution in [0.3, 0.4) is 0 Å². The average molecular weight is 241 g/mol. The first-order chi connectivity index (χ1) is 7.91. The zero-order valence-electron chi connectivity index (χ0n) is 11.0. The summed E-state index contributed by atoms with van der Waals surface area (Å²) in [6.45, 7) is 3.27. The van der Waals surface area contributed by atoms with Gasteiger partial charge in [-0.05, 0) is 12.3 Å². The second-order valence-electron chi connectivity index (χ2n) is 5.08. The van der Waals surface area contributed by atoms with Crippen LogP contribution in [0.1, 0.15) is 26.2 Å². The summed E-state index contributed by atoms with van der Waals surface area (Å²) in [6, 6.07) is 0.0669. The number of nitrogens with two attached hydrogens (primary N) is 1. The van der Waals surface area contributed by atoms with Crippen LogP contribution in [-0.2, 0) is 9.59 Å². The summed E-state index contributed by atoms with van der Waals surface area (Å²) in [5, 5.41) is 0. The summed E-state index contributed by atoms with van der Waals surface area (Å²) < 4.78 is 0. The number of amides is 2. The predicted octanol–water partition coefficient (Wildman–Crippen LogP) is 0.0505. The molecule has 1 rings (SSSR count). The summed E-state index contributed by atoms with van der Waals surface area (Å²) in [6.07, 6.45) is 1.73. The maximum Gasteiger partial charge on any atom is 0.222 e. The zero-order chi connectivity index (χ0) is 13.0. The molecule has 2 unspecified atom stereocenters. The SMILES string of the molecule is CC1CC(=O)N(CCCC(=O)N(C)C)CC1N. The van der Waals surface area contributed by atoms with Gasteiger partial charge in [0, 0.05) is 46.1 Å². The van der Waals surface area contributed by atoms with Gasteiger partial charge in [-0.15, -0.1) is 0 Å². The second-order valence-corrected chi connectivity index (χ2v) is 5.08. The molecule has 2 atom stereocenters. The van der Waals surface area contributed by atoms with Crippen LogP contribution >= 0.6 is 0 Å². The molecule has 1 saturated heterocycles. The number of likely N-dealkylation sites (tertiary alicyclic amines) is 1. The van der Waals surface area contributed by atoms with Gasteiger partial charge < -0.3 is 15.5 Å². The molecular weight excluding hydrogens is 218 g/mol. The van der Waals surface area contributed by atoms with Crippen LogP contribution in [0.15, 0.2) is 0 Å². The highest BCUT2D eigenvalue weighted by Crippen LogP contribution is 2.17. The molecule has 0 aromatic rings. The standard InChI is InChI=1S/C12H23N3O2/c1-9-7-12(17)15(8-10(9)13)6-4-5-11(16)14(2)3/h9-10H,4-8,13H2,1-3H3. The third kappa shape index (κ3) is 4.00. The van der Waals surface area contributed by atoms with Gasteiger partial charge in [0.2, 0.25) is 11.8 Å². The molecule has 1 heterocycles. The van der Waals surface area contributed by atoms with E-state index in [0.29, 0.717) is 32.4 Å². The van der Waals surface area contributed by atoms with Gasteiger partial charge in [-0.1, -0.05) is 6.92 Å². The van der Waals surface area contributed by atoms with E-state index in [1.165, 1.54) is 0 Å². The van der Waals surface area contributed by atoms with Crippen molar-refractivity contribution in [3.63, 3.8) is 0 Å². The van der Waals surface area contributed by atoms with Crippen molar-refractivity contribution < 1.29 is 9.59 Å². The predicted molar refractivity (Wildman–Crippen MR) is 66.3 cm³/mol. The number of rotatable bonds is 4. The minimum Gasteiger partial charge on any atom is -0.349 e. The maximum atomic E-state index is 11.7. The molecule has 5 heteroatoms. The van der Waals surface area contributed by atoms with Gasteiger partial charge in [-0.2, -0.15) is 0 Å². The molecule has 2 amide bonds. The molecule has 5 nitrogen and oxygen atoms in total. The molecule has 0 aromatic heterocycles. The third-order valence-corrected chi connectivity index (χ3v) is 3.33. The molecule has 1 aliphatic rings. The lowest BCUT2D eigenvalue weighted by atomic mass is 9.93. The fourth-order valence-corrected chi connectivity index (χ4v) is 1.95. The third-order valence-electron chi connectivity index (χ3n) is 3.33. The van der Waals surface area contributed by atoms with Gasteiger partial charge >= 0.3 is 0 Å². The summed E-state index contributed by atoms with van der Waals surface area (Å²) in [5.74, 6) is 0.533. The Kier molecular flexibility index (Phi) is 4.93. The van der Waals surface area contributed by atoms with Crippen molar-refractivity contribution in [3.05, 3.63) is 0 Å². The lowest BCUT2D eigenvalue weighted by Gasteiger charge is -2.34. The van der Waals surface area contributed by atoms with Gasteiger partial charge in [0.1, 0.15) is 0 Å². The first kappa shape index (κ1) is 14.0. The Morgan fingerprint density at radius 2 is 2.18 bits per heavy atom. The van der Waals surface area contributed by atoms with E-state index in [4.69, 9.17) is 5.73 Å². The molecule has 0 saturated carbocycles. The Hall–Kier alpha value is -1.10. The van der Waals surface area contributed by atoms with Crippen LogP contribution in [0.25, 0.3) is 0 Å². The van der Waals surface area contributed by atoms with Gasteiger partial charge in [0.15, 0.2) is 0 Å². The topological polar surface area (TPSA) is 66.6 Å². The molecule has 0 aromatic carbocycles. The van der Waals surface area contributed by atoms with Crippen molar-refractivity contribution in [2.75, 3.05) is 27.2 Å². The lowest BCUT2D eigenvalue weighted by Crippen LogP contribution is -2.50. The number of carbonyl (C=O) groups is 2. The molecule has 98 valence electrons. The van der Waals surface area contributed by atoms with E-state index in [9.17, 15) is 9.59 Å². The van der Waals surface area contributed by atoms with Crippen molar-refractivity contribution in [2.45, 2.75) is 32.2 Å². The fraction of sp³-hybridized carbons (Fsp3) is 0.833. The Balaban J connectivity index is 2.32. The molecule has 0 radical (unpaired) electrons. The van der Waals surface area contributed by atoms with E-state index in [0.717, 1.165) is 0 Å². The van der Waals surface area contributed by atoms with Gasteiger partial charge in [0.25, 0.3) is 0 Å². The molecule has 17 heavy (non-hydrogen) atoms. The second kappa shape index (κ2) is 6.00. The summed E-state index contributed by atoms with van der Waals surface area (Å²) in [7, 11) is 3.48. The van der Waals surface area contributed by atoms with Crippen LogP contribution in [-0.4, -0.2) is 54.8 Å². The summed E-state index contributed by atoms with van der Waals surface area (Å²) >= 11 is 0. The molecule has 0 spiro atoms. The van der Waals surface area contributed by atoms with Gasteiger partial charge in [-0.3, -0.25) is 9.59 Å². The number of piperidine rings is 1. The molecule has 1 fully saturated rings. The number of hydrogen-bond acceptors (Lipinski definition) is 3. The first-order valence-electron chi connectivity index (χ1n) is 6.15. The summed E-state index contributed by atoms with van der Waals surface area (Å²) in [5.41, 5.74) is 5.94.